The summed E-state index contributed by atoms with van der Waals surface area (Å²) in [6.07, 6.45) is 28.1. The fourth-order valence-corrected chi connectivity index (χ4v) is 5.83. The fourth-order valence-electron chi connectivity index (χ4n) is 5.83. The lowest BCUT2D eigenvalue weighted by Gasteiger charge is -2.20. The van der Waals surface area contributed by atoms with Crippen molar-refractivity contribution in [2.24, 2.45) is 0 Å². The van der Waals surface area contributed by atoms with Gasteiger partial charge in [-0.3, -0.25) is 14.9 Å². The van der Waals surface area contributed by atoms with E-state index in [4.69, 9.17) is 4.63 Å². The molecule has 0 aliphatic rings. The van der Waals surface area contributed by atoms with Gasteiger partial charge in [-0.05, 0) is 42.1 Å². The van der Waals surface area contributed by atoms with Crippen molar-refractivity contribution in [3.63, 3.8) is 0 Å². The van der Waals surface area contributed by atoms with Crippen LogP contribution in [-0.2, 0) is 4.79 Å². The number of benzene rings is 1. The number of aliphatic hydroxyl groups is 2. The number of carbonyl (C=O) groups is 1. The number of anilines is 1. The molecule has 0 fully saturated rings. The minimum Gasteiger partial charge on any atom is -0.394 e. The minimum absolute atomic E-state index is 0.105. The van der Waals surface area contributed by atoms with Crippen LogP contribution in [0, 0.1) is 10.1 Å². The molecule has 0 saturated heterocycles. The highest BCUT2D eigenvalue weighted by Crippen LogP contribution is 2.28. The van der Waals surface area contributed by atoms with E-state index >= 15 is 0 Å². The Morgan fingerprint density at radius 3 is 2.00 bits per heavy atom. The molecule has 1 heterocycles. The maximum atomic E-state index is 12.3. The van der Waals surface area contributed by atoms with Crippen molar-refractivity contribution in [1.82, 2.24) is 15.6 Å². The molecular weight excluding hydrogens is 598 g/mol. The van der Waals surface area contributed by atoms with Gasteiger partial charge in [0.25, 0.3) is 0 Å². The average Bonchev–Trinajstić information content (AvgIpc) is 3.56. The van der Waals surface area contributed by atoms with Crippen LogP contribution in [0.15, 0.2) is 28.9 Å². The molecule has 2 rings (SSSR count). The standard InChI is InChI=1S/C36H61N5O6/c1-2-3-4-5-6-7-8-9-10-13-16-19-22-25-34(44)38-31(29-42)33(43)24-21-18-15-12-11-14-17-20-23-28-37-30-26-27-32(41(45)46)36-35(30)39-47-40-36/h21,24,26-27,31,33,37,42-43H,2-20,22-23,25,28-29H2,1H3,(H,38,44)/b24-21+/t31-,33+/m0/s1. The highest BCUT2D eigenvalue weighted by Gasteiger charge is 2.19. The molecule has 266 valence electrons. The van der Waals surface area contributed by atoms with E-state index in [0.29, 0.717) is 17.6 Å². The molecule has 2 aromatic rings. The van der Waals surface area contributed by atoms with Crippen LogP contribution in [0.4, 0.5) is 11.4 Å². The first-order valence-corrected chi connectivity index (χ1v) is 18.4. The molecule has 0 unspecified atom stereocenters. The molecule has 1 amide bonds. The van der Waals surface area contributed by atoms with Crippen molar-refractivity contribution in [1.29, 1.82) is 0 Å². The van der Waals surface area contributed by atoms with Crippen LogP contribution in [0.25, 0.3) is 11.0 Å². The summed E-state index contributed by atoms with van der Waals surface area (Å²) in [4.78, 5) is 22.9. The summed E-state index contributed by atoms with van der Waals surface area (Å²) in [7, 11) is 0. The predicted octanol–water partition coefficient (Wildman–Crippen LogP) is 8.54. The quantitative estimate of drug-likeness (QED) is 0.0278. The molecule has 0 radical (unpaired) electrons. The lowest BCUT2D eigenvalue weighted by molar-refractivity contribution is -0.383. The number of amides is 1. The summed E-state index contributed by atoms with van der Waals surface area (Å²) < 4.78 is 4.70. The van der Waals surface area contributed by atoms with Crippen LogP contribution in [0.1, 0.15) is 148 Å². The molecule has 1 aromatic heterocycles. The summed E-state index contributed by atoms with van der Waals surface area (Å²) in [6, 6.07) is 2.38. The molecule has 0 aliphatic heterocycles. The van der Waals surface area contributed by atoms with E-state index in [2.05, 4.69) is 27.9 Å². The maximum absolute atomic E-state index is 12.3. The van der Waals surface area contributed by atoms with E-state index in [1.807, 2.05) is 6.08 Å². The summed E-state index contributed by atoms with van der Waals surface area (Å²) in [6.45, 7) is 2.70. The van der Waals surface area contributed by atoms with Gasteiger partial charge in [0.05, 0.1) is 29.4 Å². The minimum atomic E-state index is -0.896. The smallest absolute Gasteiger partial charge is 0.300 e. The first-order valence-electron chi connectivity index (χ1n) is 18.4. The second-order valence-electron chi connectivity index (χ2n) is 12.8. The van der Waals surface area contributed by atoms with Gasteiger partial charge in [0.15, 0.2) is 5.52 Å². The molecule has 4 N–H and O–H groups in total. The van der Waals surface area contributed by atoms with Crippen LogP contribution in [0.3, 0.4) is 0 Å². The van der Waals surface area contributed by atoms with Gasteiger partial charge in [0, 0.05) is 19.0 Å². The van der Waals surface area contributed by atoms with Gasteiger partial charge in [-0.15, -0.1) is 0 Å². The largest absolute Gasteiger partial charge is 0.394 e. The number of hydrogen-bond acceptors (Lipinski definition) is 9. The molecule has 11 heteroatoms. The van der Waals surface area contributed by atoms with Crippen molar-refractivity contribution in [3.8, 4) is 0 Å². The first-order chi connectivity index (χ1) is 23.0. The number of nitrogens with zero attached hydrogens (tertiary/aromatic N) is 3. The Morgan fingerprint density at radius 1 is 0.851 bits per heavy atom. The number of nitro groups is 1. The number of aromatic nitrogens is 2. The monoisotopic (exact) mass is 659 g/mol. The molecule has 0 aliphatic carbocycles. The Hall–Kier alpha value is -3.05. The Kier molecular flexibility index (Phi) is 22.2. The highest BCUT2D eigenvalue weighted by atomic mass is 16.6. The normalized spacial score (nSPS) is 12.9. The number of unbranched alkanes of at least 4 members (excludes halogenated alkanes) is 19. The van der Waals surface area contributed by atoms with Crippen molar-refractivity contribution in [2.75, 3.05) is 18.5 Å². The van der Waals surface area contributed by atoms with Crippen LogP contribution in [0.5, 0.6) is 0 Å². The lowest BCUT2D eigenvalue weighted by Crippen LogP contribution is -2.45. The van der Waals surface area contributed by atoms with Crippen LogP contribution in [-0.4, -0.2) is 56.7 Å². The Balaban J connectivity index is 1.42. The number of rotatable bonds is 30. The fraction of sp³-hybridized carbons (Fsp3) is 0.750. The van der Waals surface area contributed by atoms with Crippen LogP contribution >= 0.6 is 0 Å². The number of non-ortho nitro benzene ring substituents is 1. The maximum Gasteiger partial charge on any atom is 0.300 e. The number of allylic oxidation sites excluding steroid dienone is 1. The predicted molar refractivity (Wildman–Crippen MR) is 188 cm³/mol. The zero-order chi connectivity index (χ0) is 34.0. The van der Waals surface area contributed by atoms with Crippen LogP contribution < -0.4 is 10.6 Å². The number of fused-ring (bicyclic) bond motifs is 1. The molecule has 0 bridgehead atoms. The molecular formula is C36H61N5O6. The molecule has 0 saturated carbocycles. The second-order valence-corrected chi connectivity index (χ2v) is 12.8. The summed E-state index contributed by atoms with van der Waals surface area (Å²) in [5.41, 5.74) is 1.09. The van der Waals surface area contributed by atoms with Gasteiger partial charge < -0.3 is 20.8 Å². The van der Waals surface area contributed by atoms with Gasteiger partial charge in [-0.2, -0.15) is 0 Å². The number of aliphatic hydroxyl groups excluding tert-OH is 2. The van der Waals surface area contributed by atoms with Gasteiger partial charge in [0.2, 0.25) is 11.4 Å². The van der Waals surface area contributed by atoms with Crippen molar-refractivity contribution >= 4 is 28.3 Å². The van der Waals surface area contributed by atoms with E-state index in [-0.39, 0.29) is 23.7 Å². The van der Waals surface area contributed by atoms with E-state index < -0.39 is 17.1 Å². The van der Waals surface area contributed by atoms with E-state index in [0.717, 1.165) is 77.2 Å². The van der Waals surface area contributed by atoms with Gasteiger partial charge >= 0.3 is 5.69 Å². The highest BCUT2D eigenvalue weighted by molar-refractivity contribution is 5.93. The third kappa shape index (κ3) is 17.6. The topological polar surface area (TPSA) is 164 Å². The summed E-state index contributed by atoms with van der Waals surface area (Å²) in [5.74, 6) is -0.105. The third-order valence-electron chi connectivity index (χ3n) is 8.75. The number of nitro benzene ring substituents is 1. The third-order valence-corrected chi connectivity index (χ3v) is 8.75. The number of carbonyl (C=O) groups excluding carboxylic acids is 1. The molecule has 1 aromatic carbocycles. The Labute approximate surface area is 281 Å². The van der Waals surface area contributed by atoms with Crippen molar-refractivity contribution in [3.05, 3.63) is 34.4 Å². The number of hydrogen-bond donors (Lipinski definition) is 4. The van der Waals surface area contributed by atoms with Gasteiger partial charge in [-0.25, -0.2) is 4.63 Å². The van der Waals surface area contributed by atoms with Gasteiger partial charge in [-0.1, -0.05) is 128 Å². The zero-order valence-corrected chi connectivity index (χ0v) is 28.8. The van der Waals surface area contributed by atoms with Gasteiger partial charge in [0.1, 0.15) is 0 Å². The first kappa shape index (κ1) is 40.1. The van der Waals surface area contributed by atoms with Crippen molar-refractivity contribution < 1.29 is 24.6 Å². The molecule has 11 nitrogen and oxygen atoms in total. The second kappa shape index (κ2) is 26.0. The Bertz CT molecular complexity index is 1140. The molecule has 0 spiro atoms. The number of nitrogens with one attached hydrogen (secondary N) is 2. The summed E-state index contributed by atoms with van der Waals surface area (Å²) >= 11 is 0. The van der Waals surface area contributed by atoms with Crippen LogP contribution in [0.2, 0.25) is 0 Å². The average molecular weight is 660 g/mol. The van der Waals surface area contributed by atoms with E-state index in [1.54, 1.807) is 12.1 Å². The SMILES string of the molecule is CCCCCCCCCCCCCCCC(=O)N[C@@H](CO)[C@H](O)/C=C/CCCCCCCCCNc1ccc([N+](=O)[O-])c2nonc12. The summed E-state index contributed by atoms with van der Waals surface area (Å²) in [5, 5.41) is 44.7. The zero-order valence-electron chi connectivity index (χ0n) is 28.8. The molecule has 2 atom stereocenters. The molecule has 47 heavy (non-hydrogen) atoms. The van der Waals surface area contributed by atoms with E-state index in [9.17, 15) is 25.1 Å². The van der Waals surface area contributed by atoms with Crippen molar-refractivity contribution in [2.45, 2.75) is 160 Å². The lowest BCUT2D eigenvalue weighted by atomic mass is 10.0. The van der Waals surface area contributed by atoms with E-state index in [1.165, 1.54) is 70.3 Å². The Morgan fingerprint density at radius 2 is 1.40 bits per heavy atom.